The minimum absolute atomic E-state index is 0.00786. The average molecular weight is 505 g/mol. The maximum absolute atomic E-state index is 13.2. The lowest BCUT2D eigenvalue weighted by Gasteiger charge is -2.42. The minimum Gasteiger partial charge on any atom is -0.481 e. The van der Waals surface area contributed by atoms with Crippen molar-refractivity contribution in [1.82, 2.24) is 0 Å². The van der Waals surface area contributed by atoms with Crippen LogP contribution in [0.15, 0.2) is 48.1 Å². The highest BCUT2D eigenvalue weighted by atomic mass is 19.1. The zero-order chi connectivity index (χ0) is 26.2. The highest BCUT2D eigenvalue weighted by Crippen LogP contribution is 2.44. The number of fused-ring (bicyclic) bond motifs is 1. The second-order valence-electron chi connectivity index (χ2n) is 9.85. The molecule has 0 fully saturated rings. The number of carbonyl (C=O) groups is 2. The number of aliphatic hydroxyl groups excluding tert-OH is 2. The molecule has 7 unspecified atom stereocenters. The van der Waals surface area contributed by atoms with Gasteiger partial charge in [-0.15, -0.1) is 0 Å². The Labute approximate surface area is 211 Å². The normalized spacial score (nSPS) is 25.8. The van der Waals surface area contributed by atoms with E-state index in [0.717, 1.165) is 12.0 Å². The first kappa shape index (κ1) is 27.9. The Morgan fingerprint density at radius 1 is 1.17 bits per heavy atom. The predicted molar refractivity (Wildman–Crippen MR) is 132 cm³/mol. The molecule has 2 aliphatic carbocycles. The fourth-order valence-corrected chi connectivity index (χ4v) is 5.26. The number of aliphatic hydroxyl groups is 2. The van der Waals surface area contributed by atoms with E-state index >= 15 is 0 Å². The topological polar surface area (TPSA) is 113 Å². The summed E-state index contributed by atoms with van der Waals surface area (Å²) in [6.07, 6.45) is 5.88. The third-order valence-electron chi connectivity index (χ3n) is 7.13. The number of ether oxygens (including phenoxy) is 2. The van der Waals surface area contributed by atoms with Crippen molar-refractivity contribution in [3.05, 3.63) is 53.9 Å². The van der Waals surface area contributed by atoms with Crippen molar-refractivity contribution in [2.75, 3.05) is 0 Å². The molecule has 0 bridgehead atoms. The fourth-order valence-electron chi connectivity index (χ4n) is 5.26. The van der Waals surface area contributed by atoms with Crippen molar-refractivity contribution in [3.8, 4) is 5.75 Å². The Balaban J connectivity index is 1.65. The molecule has 0 aliphatic heterocycles. The van der Waals surface area contributed by atoms with E-state index in [1.165, 1.54) is 24.3 Å². The molecule has 0 aromatic heterocycles. The number of carboxylic acids is 1. The van der Waals surface area contributed by atoms with Crippen LogP contribution in [-0.4, -0.2) is 51.7 Å². The quantitative estimate of drug-likeness (QED) is 0.361. The molecule has 3 rings (SSSR count). The number of carbonyl (C=O) groups excluding carboxylic acids is 1. The number of hydrogen-bond acceptors (Lipinski definition) is 6. The lowest BCUT2D eigenvalue weighted by Crippen LogP contribution is -2.42. The first-order chi connectivity index (χ1) is 17.2. The minimum atomic E-state index is -1.10. The highest BCUT2D eigenvalue weighted by molar-refractivity contribution is 5.75. The molecule has 0 heterocycles. The SMILES string of the molecule is CCC(Oc1ccc(F)cc1)C(=O)OC1CCC=C2C=CC(C)C(CCC(O)CC(O)CC(=O)O)C21. The first-order valence-corrected chi connectivity index (χ1v) is 12.8. The maximum atomic E-state index is 13.2. The summed E-state index contributed by atoms with van der Waals surface area (Å²) in [7, 11) is 0. The van der Waals surface area contributed by atoms with Gasteiger partial charge in [-0.1, -0.05) is 32.1 Å². The zero-order valence-electron chi connectivity index (χ0n) is 20.9. The van der Waals surface area contributed by atoms with Crippen LogP contribution in [0, 0.1) is 23.6 Å². The van der Waals surface area contributed by atoms with E-state index < -0.39 is 36.7 Å². The molecule has 0 radical (unpaired) electrons. The largest absolute Gasteiger partial charge is 0.481 e. The Morgan fingerprint density at radius 2 is 1.89 bits per heavy atom. The van der Waals surface area contributed by atoms with E-state index in [2.05, 4.69) is 25.2 Å². The molecule has 0 saturated carbocycles. The van der Waals surface area contributed by atoms with Crippen LogP contribution in [0.2, 0.25) is 0 Å². The van der Waals surface area contributed by atoms with Crippen LogP contribution in [-0.2, 0) is 14.3 Å². The van der Waals surface area contributed by atoms with Gasteiger partial charge in [-0.2, -0.15) is 0 Å². The number of esters is 1. The summed E-state index contributed by atoms with van der Waals surface area (Å²) in [6, 6.07) is 5.52. The fraction of sp³-hybridized carbons (Fsp3) is 0.571. The smallest absolute Gasteiger partial charge is 0.347 e. The van der Waals surface area contributed by atoms with E-state index in [9.17, 15) is 24.2 Å². The second kappa shape index (κ2) is 13.0. The number of benzene rings is 1. The van der Waals surface area contributed by atoms with Crippen LogP contribution in [0.3, 0.4) is 0 Å². The van der Waals surface area contributed by atoms with Crippen LogP contribution in [0.4, 0.5) is 4.39 Å². The van der Waals surface area contributed by atoms with Crippen LogP contribution in [0.5, 0.6) is 5.75 Å². The van der Waals surface area contributed by atoms with Gasteiger partial charge in [0.2, 0.25) is 0 Å². The van der Waals surface area contributed by atoms with Gasteiger partial charge in [0.05, 0.1) is 18.6 Å². The van der Waals surface area contributed by atoms with Crippen LogP contribution < -0.4 is 4.74 Å². The summed E-state index contributed by atoms with van der Waals surface area (Å²) in [6.45, 7) is 3.93. The first-order valence-electron chi connectivity index (χ1n) is 12.8. The van der Waals surface area contributed by atoms with E-state index in [0.29, 0.717) is 31.4 Å². The Kier molecular flexibility index (Phi) is 10.1. The molecular formula is C28H37FO7. The molecule has 36 heavy (non-hydrogen) atoms. The van der Waals surface area contributed by atoms with Crippen molar-refractivity contribution < 1.29 is 38.8 Å². The summed E-state index contributed by atoms with van der Waals surface area (Å²) in [5.41, 5.74) is 1.12. The molecule has 198 valence electrons. The van der Waals surface area contributed by atoms with E-state index in [-0.39, 0.29) is 36.1 Å². The summed E-state index contributed by atoms with van der Waals surface area (Å²) >= 11 is 0. The number of halogens is 1. The Bertz CT molecular complexity index is 942. The van der Waals surface area contributed by atoms with Crippen molar-refractivity contribution in [3.63, 3.8) is 0 Å². The molecule has 8 heteroatoms. The van der Waals surface area contributed by atoms with Crippen molar-refractivity contribution in [1.29, 1.82) is 0 Å². The van der Waals surface area contributed by atoms with Gasteiger partial charge in [0, 0.05) is 5.92 Å². The van der Waals surface area contributed by atoms with Crippen molar-refractivity contribution >= 4 is 11.9 Å². The van der Waals surface area contributed by atoms with Crippen molar-refractivity contribution in [2.45, 2.75) is 83.2 Å². The molecule has 0 spiro atoms. The summed E-state index contributed by atoms with van der Waals surface area (Å²) in [4.78, 5) is 23.9. The third-order valence-corrected chi connectivity index (χ3v) is 7.13. The molecule has 0 saturated heterocycles. The van der Waals surface area contributed by atoms with Gasteiger partial charge in [-0.25, -0.2) is 9.18 Å². The molecule has 0 amide bonds. The maximum Gasteiger partial charge on any atom is 0.347 e. The molecular weight excluding hydrogens is 467 g/mol. The second-order valence-corrected chi connectivity index (χ2v) is 9.85. The van der Waals surface area contributed by atoms with Gasteiger partial charge < -0.3 is 24.8 Å². The number of hydrogen-bond donors (Lipinski definition) is 3. The van der Waals surface area contributed by atoms with Gasteiger partial charge in [-0.3, -0.25) is 4.79 Å². The molecule has 2 aliphatic rings. The van der Waals surface area contributed by atoms with Crippen molar-refractivity contribution in [2.24, 2.45) is 17.8 Å². The highest BCUT2D eigenvalue weighted by Gasteiger charge is 2.40. The van der Waals surface area contributed by atoms with Crippen LogP contribution >= 0.6 is 0 Å². The summed E-state index contributed by atoms with van der Waals surface area (Å²) < 4.78 is 25.0. The third kappa shape index (κ3) is 7.64. The van der Waals surface area contributed by atoms with Gasteiger partial charge in [0.15, 0.2) is 6.10 Å². The monoisotopic (exact) mass is 504 g/mol. The van der Waals surface area contributed by atoms with Crippen LogP contribution in [0.1, 0.15) is 58.8 Å². The molecule has 3 N–H and O–H groups in total. The van der Waals surface area contributed by atoms with E-state index in [1.54, 1.807) is 0 Å². The molecule has 7 nitrogen and oxygen atoms in total. The van der Waals surface area contributed by atoms with E-state index in [1.807, 2.05) is 6.92 Å². The molecule has 7 atom stereocenters. The number of aliphatic carboxylic acids is 1. The number of rotatable bonds is 12. The average Bonchev–Trinajstić information content (AvgIpc) is 2.82. The number of allylic oxidation sites excluding steroid dienone is 3. The molecule has 1 aromatic carbocycles. The zero-order valence-corrected chi connectivity index (χ0v) is 20.9. The standard InChI is InChI=1S/C28H37FO7/c1-3-24(35-22-12-9-19(29)10-13-22)28(34)36-25-6-4-5-18-8-7-17(2)23(27(18)25)14-11-20(30)15-21(31)16-26(32)33/h5,7-10,12-13,17,20-21,23-25,27,30-31H,3-4,6,11,14-16H2,1-2H3,(H,32,33). The van der Waals surface area contributed by atoms with Gasteiger partial charge >= 0.3 is 11.9 Å². The molecule has 1 aromatic rings. The Hall–Kier alpha value is -2.71. The summed E-state index contributed by atoms with van der Waals surface area (Å²) in [5.74, 6) is -1.25. The number of carboxylic acid groups (broad SMARTS) is 1. The van der Waals surface area contributed by atoms with Gasteiger partial charge in [0.25, 0.3) is 0 Å². The lowest BCUT2D eigenvalue weighted by atomic mass is 9.66. The summed E-state index contributed by atoms with van der Waals surface area (Å²) in [5, 5.41) is 29.1. The van der Waals surface area contributed by atoms with E-state index in [4.69, 9.17) is 14.6 Å². The lowest BCUT2D eigenvalue weighted by molar-refractivity contribution is -0.162. The Morgan fingerprint density at radius 3 is 2.56 bits per heavy atom. The van der Waals surface area contributed by atoms with Gasteiger partial charge in [-0.05, 0) is 80.2 Å². The van der Waals surface area contributed by atoms with Gasteiger partial charge in [0.1, 0.15) is 17.7 Å². The predicted octanol–water partition coefficient (Wildman–Crippen LogP) is 4.42. The van der Waals surface area contributed by atoms with Crippen LogP contribution in [0.25, 0.3) is 0 Å².